The van der Waals surface area contributed by atoms with Gasteiger partial charge in [0.15, 0.2) is 5.78 Å². The zero-order valence-electron chi connectivity index (χ0n) is 16.2. The van der Waals surface area contributed by atoms with Crippen LogP contribution in [0.3, 0.4) is 0 Å². The predicted octanol–water partition coefficient (Wildman–Crippen LogP) is 4.08. The van der Waals surface area contributed by atoms with Crippen LogP contribution in [0.25, 0.3) is 0 Å². The number of ether oxygens (including phenoxy) is 1. The van der Waals surface area contributed by atoms with Gasteiger partial charge in [-0.25, -0.2) is 0 Å². The molecule has 0 aromatic rings. The molecule has 0 aromatic carbocycles. The Balaban J connectivity index is 1.34. The lowest BCUT2D eigenvalue weighted by Gasteiger charge is -2.59. The predicted molar refractivity (Wildman–Crippen MR) is 99.4 cm³/mol. The maximum Gasteiger partial charge on any atom is 0.306 e. The number of esters is 1. The third-order valence-corrected chi connectivity index (χ3v) is 10.5. The van der Waals surface area contributed by atoms with Crippen molar-refractivity contribution in [1.82, 2.24) is 0 Å². The summed E-state index contributed by atoms with van der Waals surface area (Å²) in [6, 6.07) is 0. The number of fused-ring (bicyclic) bond motifs is 12. The smallest absolute Gasteiger partial charge is 0.306 e. The molecule has 0 amide bonds. The SMILES string of the molecule is CC12C=CC(=O)C=C1C1CC1C1C2CCC2(C)C1C1CC1[C@@]21CCC(=O)O1. The minimum absolute atomic E-state index is 0.0449. The van der Waals surface area contributed by atoms with Crippen LogP contribution in [0.2, 0.25) is 0 Å². The maximum absolute atomic E-state index is 12.1. The fourth-order valence-electron chi connectivity index (χ4n) is 9.38. The Morgan fingerprint density at radius 1 is 1.07 bits per heavy atom. The van der Waals surface area contributed by atoms with Crippen LogP contribution in [0.1, 0.15) is 52.4 Å². The highest BCUT2D eigenvalue weighted by Gasteiger charge is 2.80. The molecule has 7 rings (SSSR count). The van der Waals surface area contributed by atoms with Crippen LogP contribution in [0.15, 0.2) is 23.8 Å². The lowest BCUT2D eigenvalue weighted by atomic mass is 9.46. The summed E-state index contributed by atoms with van der Waals surface area (Å²) >= 11 is 0. The van der Waals surface area contributed by atoms with E-state index in [9.17, 15) is 9.59 Å². The van der Waals surface area contributed by atoms with Crippen LogP contribution >= 0.6 is 0 Å². The molecular formula is C24H28O3. The lowest BCUT2D eigenvalue weighted by Crippen LogP contribution is -2.57. The molecule has 27 heavy (non-hydrogen) atoms. The first-order valence-corrected chi connectivity index (χ1v) is 11.1. The van der Waals surface area contributed by atoms with Gasteiger partial charge in [-0.05, 0) is 79.8 Å². The highest BCUT2D eigenvalue weighted by molar-refractivity contribution is 6.01. The molecular weight excluding hydrogens is 336 g/mol. The summed E-state index contributed by atoms with van der Waals surface area (Å²) in [4.78, 5) is 24.2. The zero-order chi connectivity index (χ0) is 18.3. The molecule has 7 aliphatic rings. The highest BCUT2D eigenvalue weighted by atomic mass is 16.6. The fraction of sp³-hybridized carbons (Fsp3) is 0.750. The number of hydrogen-bond acceptors (Lipinski definition) is 3. The average Bonchev–Trinajstić information content (AvgIpc) is 3.53. The zero-order valence-corrected chi connectivity index (χ0v) is 16.2. The molecule has 142 valence electrons. The van der Waals surface area contributed by atoms with E-state index in [0.29, 0.717) is 30.1 Å². The molecule has 1 heterocycles. The average molecular weight is 364 g/mol. The van der Waals surface area contributed by atoms with E-state index in [1.54, 1.807) is 0 Å². The van der Waals surface area contributed by atoms with Crippen molar-refractivity contribution in [2.24, 2.45) is 52.3 Å². The molecule has 3 heteroatoms. The molecule has 6 fully saturated rings. The quantitative estimate of drug-likeness (QED) is 0.608. The van der Waals surface area contributed by atoms with Crippen LogP contribution < -0.4 is 0 Å². The Labute approximate surface area is 160 Å². The van der Waals surface area contributed by atoms with Gasteiger partial charge in [-0.2, -0.15) is 0 Å². The first-order chi connectivity index (χ1) is 12.9. The molecule has 1 saturated heterocycles. The van der Waals surface area contributed by atoms with E-state index in [0.717, 1.165) is 24.2 Å². The van der Waals surface area contributed by atoms with E-state index in [1.165, 1.54) is 31.3 Å². The van der Waals surface area contributed by atoms with Gasteiger partial charge in [-0.15, -0.1) is 0 Å². The largest absolute Gasteiger partial charge is 0.458 e. The summed E-state index contributed by atoms with van der Waals surface area (Å²) in [5, 5.41) is 0. The Hall–Kier alpha value is -1.38. The second-order valence-corrected chi connectivity index (χ2v) is 11.2. The molecule has 3 nitrogen and oxygen atoms in total. The number of carbonyl (C=O) groups excluding carboxylic acids is 2. The van der Waals surface area contributed by atoms with Crippen molar-refractivity contribution in [1.29, 1.82) is 0 Å². The molecule has 0 bridgehead atoms. The molecule has 6 aliphatic carbocycles. The number of ketones is 1. The number of carbonyl (C=O) groups is 2. The molecule has 1 spiro atoms. The molecule has 9 unspecified atom stereocenters. The monoisotopic (exact) mass is 364 g/mol. The van der Waals surface area contributed by atoms with E-state index in [2.05, 4.69) is 19.9 Å². The Kier molecular flexibility index (Phi) is 2.46. The number of rotatable bonds is 0. The molecule has 10 atom stereocenters. The van der Waals surface area contributed by atoms with Crippen LogP contribution in [0.5, 0.6) is 0 Å². The van der Waals surface area contributed by atoms with Gasteiger partial charge < -0.3 is 4.74 Å². The minimum Gasteiger partial charge on any atom is -0.458 e. The summed E-state index contributed by atoms with van der Waals surface area (Å²) < 4.78 is 6.20. The summed E-state index contributed by atoms with van der Waals surface area (Å²) in [6.07, 6.45) is 12.6. The third-order valence-electron chi connectivity index (χ3n) is 10.5. The van der Waals surface area contributed by atoms with Crippen molar-refractivity contribution in [3.63, 3.8) is 0 Å². The van der Waals surface area contributed by atoms with Gasteiger partial charge in [0.25, 0.3) is 0 Å². The van der Waals surface area contributed by atoms with Crippen molar-refractivity contribution < 1.29 is 14.3 Å². The van der Waals surface area contributed by atoms with Gasteiger partial charge in [-0.1, -0.05) is 25.5 Å². The van der Waals surface area contributed by atoms with Crippen molar-refractivity contribution >= 4 is 11.8 Å². The van der Waals surface area contributed by atoms with Crippen molar-refractivity contribution in [2.75, 3.05) is 0 Å². The second kappa shape index (κ2) is 4.28. The van der Waals surface area contributed by atoms with Gasteiger partial charge in [-0.3, -0.25) is 9.59 Å². The Morgan fingerprint density at radius 3 is 2.70 bits per heavy atom. The summed E-state index contributed by atoms with van der Waals surface area (Å²) in [5.74, 6) is 5.16. The van der Waals surface area contributed by atoms with Gasteiger partial charge in [0, 0.05) is 23.2 Å². The van der Waals surface area contributed by atoms with Gasteiger partial charge >= 0.3 is 5.97 Å². The van der Waals surface area contributed by atoms with Gasteiger partial charge in [0.1, 0.15) is 5.60 Å². The van der Waals surface area contributed by atoms with Crippen LogP contribution in [-0.4, -0.2) is 17.4 Å². The first-order valence-electron chi connectivity index (χ1n) is 11.1. The van der Waals surface area contributed by atoms with Gasteiger partial charge in [0.05, 0.1) is 0 Å². The molecule has 0 aromatic heterocycles. The standard InChI is InChI=1S/C24H28O3/c1-22-6-3-12(25)9-17(22)13-10-14(13)20-16(22)4-7-23(2)21(20)15-11-18(15)24(23)8-5-19(26)27-24/h3,6,9,13-16,18,20-21H,4-5,7-8,10-11H2,1-2H3/t13?,14?,15?,16?,18?,20?,21?,22?,23?,24-/m0/s1. The fourth-order valence-corrected chi connectivity index (χ4v) is 9.38. The highest BCUT2D eigenvalue weighted by Crippen LogP contribution is 2.82. The summed E-state index contributed by atoms with van der Waals surface area (Å²) in [7, 11) is 0. The molecule has 1 aliphatic heterocycles. The van der Waals surface area contributed by atoms with Crippen molar-refractivity contribution in [3.05, 3.63) is 23.8 Å². The van der Waals surface area contributed by atoms with E-state index in [4.69, 9.17) is 4.74 Å². The first kappa shape index (κ1) is 15.5. The normalized spacial score (nSPS) is 61.4. The second-order valence-electron chi connectivity index (χ2n) is 11.2. The van der Waals surface area contributed by atoms with Gasteiger partial charge in [0.2, 0.25) is 0 Å². The van der Waals surface area contributed by atoms with E-state index >= 15 is 0 Å². The van der Waals surface area contributed by atoms with Crippen LogP contribution in [0.4, 0.5) is 0 Å². The lowest BCUT2D eigenvalue weighted by molar-refractivity contribution is -0.176. The van der Waals surface area contributed by atoms with Crippen molar-refractivity contribution in [3.8, 4) is 0 Å². The number of hydrogen-bond donors (Lipinski definition) is 0. The summed E-state index contributed by atoms with van der Waals surface area (Å²) in [5.41, 5.74) is 1.54. The van der Waals surface area contributed by atoms with Crippen LogP contribution in [-0.2, 0) is 14.3 Å². The topological polar surface area (TPSA) is 43.4 Å². The minimum atomic E-state index is -0.149. The molecule has 0 radical (unpaired) electrons. The third kappa shape index (κ3) is 1.53. The molecule has 5 saturated carbocycles. The maximum atomic E-state index is 12.1. The summed E-state index contributed by atoms with van der Waals surface area (Å²) in [6.45, 7) is 4.88. The van der Waals surface area contributed by atoms with Crippen LogP contribution in [0, 0.1) is 52.3 Å². The molecule has 0 N–H and O–H groups in total. The number of allylic oxidation sites excluding steroid dienone is 4. The van der Waals surface area contributed by atoms with E-state index in [-0.39, 0.29) is 28.2 Å². The Bertz CT molecular complexity index is 869. The van der Waals surface area contributed by atoms with Crippen molar-refractivity contribution in [2.45, 2.75) is 58.0 Å². The van der Waals surface area contributed by atoms with E-state index in [1.807, 2.05) is 12.2 Å². The van der Waals surface area contributed by atoms with E-state index < -0.39 is 0 Å². The Morgan fingerprint density at radius 2 is 1.93 bits per heavy atom.